The molecule has 25 heavy (non-hydrogen) atoms. The van der Waals surface area contributed by atoms with Gasteiger partial charge in [0.25, 0.3) is 0 Å². The van der Waals surface area contributed by atoms with E-state index in [1.54, 1.807) is 36.0 Å². The third-order valence-electron chi connectivity index (χ3n) is 3.97. The van der Waals surface area contributed by atoms with Crippen molar-refractivity contribution >= 4 is 45.7 Å². The number of thioether (sulfide) groups is 1. The van der Waals surface area contributed by atoms with Gasteiger partial charge in [-0.3, -0.25) is 4.79 Å². The predicted molar refractivity (Wildman–Crippen MR) is 113 cm³/mol. The molecule has 0 aromatic heterocycles. The van der Waals surface area contributed by atoms with E-state index in [4.69, 9.17) is 23.8 Å². The van der Waals surface area contributed by atoms with Gasteiger partial charge in [-0.1, -0.05) is 65.9 Å². The molecule has 0 N–H and O–H groups in total. The van der Waals surface area contributed by atoms with Gasteiger partial charge in [-0.25, -0.2) is 0 Å². The topological polar surface area (TPSA) is 20.3 Å². The number of hydrogen-bond donors (Lipinski definition) is 0. The molecule has 0 saturated carbocycles. The number of halogens is 1. The molecule has 0 fully saturated rings. The van der Waals surface area contributed by atoms with Gasteiger partial charge >= 0.3 is 0 Å². The highest BCUT2D eigenvalue weighted by molar-refractivity contribution is 8.23. The van der Waals surface area contributed by atoms with Crippen LogP contribution in [0.1, 0.15) is 41.4 Å². The largest absolute Gasteiger partial charge is 0.358 e. The summed E-state index contributed by atoms with van der Waals surface area (Å²) in [6, 6.07) is 17.1. The van der Waals surface area contributed by atoms with Crippen LogP contribution in [0.4, 0.5) is 0 Å². The molecule has 0 aliphatic heterocycles. The Kier molecular flexibility index (Phi) is 7.94. The van der Waals surface area contributed by atoms with E-state index in [1.165, 1.54) is 0 Å². The third kappa shape index (κ3) is 5.84. The monoisotopic (exact) mass is 391 g/mol. The highest BCUT2D eigenvalue weighted by Gasteiger charge is 2.21. The van der Waals surface area contributed by atoms with Crippen LogP contribution in [0.25, 0.3) is 0 Å². The van der Waals surface area contributed by atoms with Crippen molar-refractivity contribution in [3.63, 3.8) is 0 Å². The predicted octanol–water partition coefficient (Wildman–Crippen LogP) is 6.01. The van der Waals surface area contributed by atoms with Gasteiger partial charge in [0, 0.05) is 35.3 Å². The van der Waals surface area contributed by atoms with Crippen LogP contribution < -0.4 is 0 Å². The number of Topliss-reactive ketones (excluding diaryl/α,β-unsaturated/α-hetero) is 1. The van der Waals surface area contributed by atoms with E-state index in [-0.39, 0.29) is 11.0 Å². The maximum Gasteiger partial charge on any atom is 0.164 e. The van der Waals surface area contributed by atoms with Crippen molar-refractivity contribution in [3.05, 3.63) is 70.7 Å². The fourth-order valence-electron chi connectivity index (χ4n) is 2.50. The number of benzene rings is 2. The molecule has 132 valence electrons. The third-order valence-corrected chi connectivity index (χ3v) is 5.96. The van der Waals surface area contributed by atoms with Crippen molar-refractivity contribution in [1.82, 2.24) is 4.90 Å². The smallest absolute Gasteiger partial charge is 0.164 e. The van der Waals surface area contributed by atoms with E-state index >= 15 is 0 Å². The van der Waals surface area contributed by atoms with Gasteiger partial charge in [0.05, 0.1) is 0 Å². The lowest BCUT2D eigenvalue weighted by Crippen LogP contribution is -2.27. The molecule has 1 atom stereocenters. The number of nitrogens with zero attached hydrogens (tertiary/aromatic N) is 1. The van der Waals surface area contributed by atoms with E-state index in [0.717, 1.165) is 23.0 Å². The highest BCUT2D eigenvalue weighted by atomic mass is 35.5. The van der Waals surface area contributed by atoms with E-state index in [1.807, 2.05) is 18.2 Å². The summed E-state index contributed by atoms with van der Waals surface area (Å²) in [6.45, 7) is 5.92. The molecule has 2 aromatic rings. The Morgan fingerprint density at radius 3 is 2.24 bits per heavy atom. The quantitative estimate of drug-likeness (QED) is 0.425. The van der Waals surface area contributed by atoms with Crippen molar-refractivity contribution in [3.8, 4) is 0 Å². The van der Waals surface area contributed by atoms with Crippen LogP contribution in [0, 0.1) is 0 Å². The van der Waals surface area contributed by atoms with Gasteiger partial charge in [-0.15, -0.1) is 0 Å². The molecule has 0 amide bonds. The summed E-state index contributed by atoms with van der Waals surface area (Å²) in [5.41, 5.74) is 1.80. The van der Waals surface area contributed by atoms with Crippen molar-refractivity contribution in [2.45, 2.75) is 25.5 Å². The second kappa shape index (κ2) is 9.95. The first-order valence-corrected chi connectivity index (χ1v) is 10.0. The zero-order valence-electron chi connectivity index (χ0n) is 14.4. The molecule has 0 aliphatic carbocycles. The van der Waals surface area contributed by atoms with E-state index in [0.29, 0.717) is 17.0 Å². The lowest BCUT2D eigenvalue weighted by atomic mass is 10.0. The standard InChI is InChI=1S/C20H22ClNOS2/c1-3-22(4-2)20(24)25-19(16-8-6-5-7-9-16)14-18(23)15-10-12-17(21)13-11-15/h5-13,19H,3-4,14H2,1-2H3. The van der Waals surface area contributed by atoms with E-state index < -0.39 is 0 Å². The number of rotatable bonds is 7. The second-order valence-corrected chi connectivity index (χ2v) is 7.86. The maximum atomic E-state index is 12.7. The summed E-state index contributed by atoms with van der Waals surface area (Å²) >= 11 is 13.1. The molecule has 0 bridgehead atoms. The average Bonchev–Trinajstić information content (AvgIpc) is 2.63. The first-order chi connectivity index (χ1) is 12.0. The van der Waals surface area contributed by atoms with Crippen LogP contribution >= 0.6 is 35.6 Å². The number of ketones is 1. The summed E-state index contributed by atoms with van der Waals surface area (Å²) in [4.78, 5) is 14.9. The molecule has 0 saturated heterocycles. The lowest BCUT2D eigenvalue weighted by molar-refractivity contribution is 0.0982. The Morgan fingerprint density at radius 2 is 1.68 bits per heavy atom. The molecule has 2 rings (SSSR count). The van der Waals surface area contributed by atoms with Crippen LogP contribution in [-0.4, -0.2) is 28.1 Å². The normalized spacial score (nSPS) is 11.8. The number of carbonyl (C=O) groups excluding carboxylic acids is 1. The molecule has 0 aliphatic rings. The Labute approximate surface area is 164 Å². The second-order valence-electron chi connectivity index (χ2n) is 5.59. The Hall–Kier alpha value is -1.36. The molecule has 0 spiro atoms. The van der Waals surface area contributed by atoms with Gasteiger partial charge < -0.3 is 4.90 Å². The Balaban J connectivity index is 2.18. The van der Waals surface area contributed by atoms with Crippen LogP contribution in [0.2, 0.25) is 5.02 Å². The first kappa shape index (κ1) is 20.0. The van der Waals surface area contributed by atoms with Crippen LogP contribution in [0.15, 0.2) is 54.6 Å². The molecular weight excluding hydrogens is 370 g/mol. The van der Waals surface area contributed by atoms with Gasteiger partial charge in [0.2, 0.25) is 0 Å². The highest BCUT2D eigenvalue weighted by Crippen LogP contribution is 2.35. The number of carbonyl (C=O) groups is 1. The van der Waals surface area contributed by atoms with Gasteiger partial charge in [0.1, 0.15) is 4.32 Å². The summed E-state index contributed by atoms with van der Waals surface area (Å²) in [7, 11) is 0. The van der Waals surface area contributed by atoms with Gasteiger partial charge in [0.15, 0.2) is 5.78 Å². The molecule has 1 unspecified atom stereocenters. The van der Waals surface area contributed by atoms with Crippen molar-refractivity contribution in [2.24, 2.45) is 0 Å². The zero-order valence-corrected chi connectivity index (χ0v) is 16.8. The van der Waals surface area contributed by atoms with Gasteiger partial charge in [-0.05, 0) is 43.7 Å². The maximum absolute atomic E-state index is 12.7. The average molecular weight is 392 g/mol. The minimum Gasteiger partial charge on any atom is -0.358 e. The fourth-order valence-corrected chi connectivity index (χ4v) is 4.41. The van der Waals surface area contributed by atoms with Crippen molar-refractivity contribution in [1.29, 1.82) is 0 Å². The van der Waals surface area contributed by atoms with Crippen LogP contribution in [-0.2, 0) is 0 Å². The minimum absolute atomic E-state index is 0.00234. The number of hydrogen-bond acceptors (Lipinski definition) is 3. The Bertz CT molecular complexity index is 699. The van der Waals surface area contributed by atoms with Gasteiger partial charge in [-0.2, -0.15) is 0 Å². The summed E-state index contributed by atoms with van der Waals surface area (Å²) in [6.07, 6.45) is 0.401. The Morgan fingerprint density at radius 1 is 1.08 bits per heavy atom. The SMILES string of the molecule is CCN(CC)C(=S)SC(CC(=O)c1ccc(Cl)cc1)c1ccccc1. The fraction of sp³-hybridized carbons (Fsp3) is 0.300. The zero-order chi connectivity index (χ0) is 18.2. The molecule has 0 heterocycles. The molecule has 0 radical (unpaired) electrons. The summed E-state index contributed by atoms with van der Waals surface area (Å²) in [5, 5.41) is 0.630. The van der Waals surface area contributed by atoms with Crippen molar-refractivity contribution < 1.29 is 4.79 Å². The lowest BCUT2D eigenvalue weighted by Gasteiger charge is -2.25. The summed E-state index contributed by atoms with van der Waals surface area (Å²) in [5.74, 6) is 0.0976. The molecular formula is C20H22ClNOS2. The minimum atomic E-state index is -0.00234. The molecule has 2 aromatic carbocycles. The summed E-state index contributed by atoms with van der Waals surface area (Å²) < 4.78 is 0.836. The number of thiocarbonyl (C=S) groups is 1. The molecule has 2 nitrogen and oxygen atoms in total. The van der Waals surface area contributed by atoms with Crippen molar-refractivity contribution in [2.75, 3.05) is 13.1 Å². The van der Waals surface area contributed by atoms with E-state index in [2.05, 4.69) is 30.9 Å². The van der Waals surface area contributed by atoms with Crippen LogP contribution in [0.3, 0.4) is 0 Å². The van der Waals surface area contributed by atoms with E-state index in [9.17, 15) is 4.79 Å². The molecule has 5 heteroatoms. The first-order valence-electron chi connectivity index (χ1n) is 8.34. The van der Waals surface area contributed by atoms with Crippen LogP contribution in [0.5, 0.6) is 0 Å².